The Morgan fingerprint density at radius 2 is 1.79 bits per heavy atom. The van der Waals surface area contributed by atoms with Crippen LogP contribution in [0.2, 0.25) is 0 Å². The highest BCUT2D eigenvalue weighted by Crippen LogP contribution is 2.27. The third kappa shape index (κ3) is 7.41. The van der Waals surface area contributed by atoms with Crippen LogP contribution in [-0.2, 0) is 17.1 Å². The number of thioether (sulfide) groups is 1. The van der Waals surface area contributed by atoms with Gasteiger partial charge in [-0.15, -0.1) is 10.2 Å². The molecular formula is C25H31N5O3S. The normalized spacial score (nSPS) is 12.4. The van der Waals surface area contributed by atoms with Gasteiger partial charge in [0, 0.05) is 30.0 Å². The van der Waals surface area contributed by atoms with Gasteiger partial charge >= 0.3 is 0 Å². The standard InChI is InChI=1S/C25H31N5O3S/c1-18(15-25(2,3)4)14-23(31)26-16-22-27-28-24(34-17-19-8-6-5-7-9-19)29(22)20-10-12-21(13-11-20)30(32)33/h5-13,18H,14-17H2,1-4H3,(H,26,31). The van der Waals surface area contributed by atoms with Gasteiger partial charge < -0.3 is 5.32 Å². The first-order valence-corrected chi connectivity index (χ1v) is 12.2. The number of carbonyl (C=O) groups is 1. The highest BCUT2D eigenvalue weighted by molar-refractivity contribution is 7.98. The molecule has 0 saturated carbocycles. The zero-order valence-corrected chi connectivity index (χ0v) is 20.8. The lowest BCUT2D eigenvalue weighted by Gasteiger charge is -2.22. The van der Waals surface area contributed by atoms with Gasteiger partial charge in [-0.3, -0.25) is 19.5 Å². The molecule has 0 fully saturated rings. The predicted octanol–water partition coefficient (Wildman–Crippen LogP) is 5.55. The third-order valence-electron chi connectivity index (χ3n) is 5.17. The molecular weight excluding hydrogens is 450 g/mol. The average Bonchev–Trinajstić information content (AvgIpc) is 3.18. The van der Waals surface area contributed by atoms with Crippen LogP contribution in [0.5, 0.6) is 0 Å². The fourth-order valence-corrected chi connectivity index (χ4v) is 4.82. The zero-order valence-electron chi connectivity index (χ0n) is 20.0. The van der Waals surface area contributed by atoms with E-state index < -0.39 is 4.92 Å². The van der Waals surface area contributed by atoms with Crippen LogP contribution in [0.3, 0.4) is 0 Å². The molecule has 0 spiro atoms. The van der Waals surface area contributed by atoms with Gasteiger partial charge in [0.05, 0.1) is 11.5 Å². The van der Waals surface area contributed by atoms with Crippen molar-refractivity contribution >= 4 is 23.4 Å². The van der Waals surface area contributed by atoms with Crippen molar-refractivity contribution in [1.82, 2.24) is 20.1 Å². The van der Waals surface area contributed by atoms with Crippen LogP contribution in [0.4, 0.5) is 5.69 Å². The predicted molar refractivity (Wildman–Crippen MR) is 134 cm³/mol. The van der Waals surface area contributed by atoms with Crippen molar-refractivity contribution in [2.24, 2.45) is 11.3 Å². The number of nitrogens with one attached hydrogen (secondary N) is 1. The van der Waals surface area contributed by atoms with Gasteiger partial charge in [0.1, 0.15) is 0 Å². The van der Waals surface area contributed by atoms with Gasteiger partial charge in [0.25, 0.3) is 5.69 Å². The molecule has 1 atom stereocenters. The molecule has 1 aromatic heterocycles. The Balaban J connectivity index is 1.77. The first-order chi connectivity index (χ1) is 16.1. The maximum atomic E-state index is 12.5. The largest absolute Gasteiger partial charge is 0.349 e. The molecule has 0 saturated heterocycles. The van der Waals surface area contributed by atoms with Crippen molar-refractivity contribution in [3.63, 3.8) is 0 Å². The summed E-state index contributed by atoms with van der Waals surface area (Å²) in [6, 6.07) is 16.3. The second-order valence-corrected chi connectivity index (χ2v) is 10.6. The van der Waals surface area contributed by atoms with Crippen LogP contribution >= 0.6 is 11.8 Å². The number of aromatic nitrogens is 3. The summed E-state index contributed by atoms with van der Waals surface area (Å²) in [7, 11) is 0. The number of rotatable bonds is 10. The number of nitrogens with zero attached hydrogens (tertiary/aromatic N) is 4. The van der Waals surface area contributed by atoms with E-state index in [1.165, 1.54) is 23.9 Å². The highest BCUT2D eigenvalue weighted by atomic mass is 32.2. The molecule has 1 heterocycles. The third-order valence-corrected chi connectivity index (χ3v) is 6.17. The van der Waals surface area contributed by atoms with Gasteiger partial charge in [-0.1, -0.05) is 69.8 Å². The molecule has 2 aromatic carbocycles. The van der Waals surface area contributed by atoms with Crippen LogP contribution in [0.15, 0.2) is 59.8 Å². The summed E-state index contributed by atoms with van der Waals surface area (Å²) in [5.74, 6) is 1.50. The Morgan fingerprint density at radius 3 is 2.41 bits per heavy atom. The topological polar surface area (TPSA) is 103 Å². The lowest BCUT2D eigenvalue weighted by Crippen LogP contribution is -2.27. The van der Waals surface area contributed by atoms with Crippen LogP contribution in [-0.4, -0.2) is 25.6 Å². The molecule has 34 heavy (non-hydrogen) atoms. The monoisotopic (exact) mass is 481 g/mol. The van der Waals surface area contributed by atoms with Gasteiger partial charge in [-0.25, -0.2) is 0 Å². The Bertz CT molecular complexity index is 1110. The number of benzene rings is 2. The number of amides is 1. The van der Waals surface area contributed by atoms with Crippen molar-refractivity contribution < 1.29 is 9.72 Å². The maximum Gasteiger partial charge on any atom is 0.269 e. The van der Waals surface area contributed by atoms with E-state index in [2.05, 4.69) is 43.2 Å². The number of nitro benzene ring substituents is 1. The molecule has 1 N–H and O–H groups in total. The average molecular weight is 482 g/mol. The summed E-state index contributed by atoms with van der Waals surface area (Å²) in [5.41, 5.74) is 2.03. The second kappa shape index (κ2) is 11.3. The molecule has 1 unspecified atom stereocenters. The van der Waals surface area contributed by atoms with Crippen molar-refractivity contribution in [2.75, 3.05) is 0 Å². The van der Waals surface area contributed by atoms with Crippen LogP contribution in [0.25, 0.3) is 5.69 Å². The Kier molecular flexibility index (Phi) is 8.44. The van der Waals surface area contributed by atoms with Crippen LogP contribution in [0, 0.1) is 21.4 Å². The van der Waals surface area contributed by atoms with Crippen molar-refractivity contribution in [1.29, 1.82) is 0 Å². The molecule has 0 radical (unpaired) electrons. The fraction of sp³-hybridized carbons (Fsp3) is 0.400. The maximum absolute atomic E-state index is 12.5. The molecule has 0 aliphatic heterocycles. The first kappa shape index (κ1) is 25.4. The number of hydrogen-bond donors (Lipinski definition) is 1. The summed E-state index contributed by atoms with van der Waals surface area (Å²) in [5, 5.41) is 23.3. The fourth-order valence-electron chi connectivity index (χ4n) is 3.90. The van der Waals surface area contributed by atoms with Crippen molar-refractivity contribution in [3.05, 3.63) is 76.1 Å². The van der Waals surface area contributed by atoms with Gasteiger partial charge in [-0.05, 0) is 35.4 Å². The second-order valence-electron chi connectivity index (χ2n) is 9.63. The van der Waals surface area contributed by atoms with Gasteiger partial charge in [0.15, 0.2) is 11.0 Å². The Hall–Kier alpha value is -3.20. The minimum atomic E-state index is -0.430. The van der Waals surface area contributed by atoms with E-state index in [1.807, 2.05) is 34.9 Å². The lowest BCUT2D eigenvalue weighted by molar-refractivity contribution is -0.384. The summed E-state index contributed by atoms with van der Waals surface area (Å²) in [6.07, 6.45) is 1.40. The molecule has 180 valence electrons. The molecule has 8 nitrogen and oxygen atoms in total. The minimum Gasteiger partial charge on any atom is -0.349 e. The molecule has 1 amide bonds. The summed E-state index contributed by atoms with van der Waals surface area (Å²) in [6.45, 7) is 8.81. The number of hydrogen-bond acceptors (Lipinski definition) is 6. The highest BCUT2D eigenvalue weighted by Gasteiger charge is 2.20. The zero-order chi connectivity index (χ0) is 24.7. The SMILES string of the molecule is CC(CC(=O)NCc1nnc(SCc2ccccc2)n1-c1ccc([N+](=O)[O-])cc1)CC(C)(C)C. The summed E-state index contributed by atoms with van der Waals surface area (Å²) >= 11 is 1.52. The first-order valence-electron chi connectivity index (χ1n) is 11.2. The number of nitro groups is 1. The van der Waals surface area contributed by atoms with Gasteiger partial charge in [-0.2, -0.15) is 0 Å². The van der Waals surface area contributed by atoms with Crippen LogP contribution < -0.4 is 5.32 Å². The smallest absolute Gasteiger partial charge is 0.269 e. The minimum absolute atomic E-state index is 0.0120. The summed E-state index contributed by atoms with van der Waals surface area (Å²) in [4.78, 5) is 23.2. The Labute approximate surface area is 204 Å². The van der Waals surface area contributed by atoms with Crippen molar-refractivity contribution in [3.8, 4) is 5.69 Å². The molecule has 0 aliphatic rings. The van der Waals surface area contributed by atoms with E-state index >= 15 is 0 Å². The molecule has 3 rings (SSSR count). The van der Waals surface area contributed by atoms with E-state index in [1.54, 1.807) is 12.1 Å². The molecule has 0 bridgehead atoms. The van der Waals surface area contributed by atoms with Gasteiger partial charge in [0.2, 0.25) is 5.91 Å². The molecule has 9 heteroatoms. The molecule has 0 aliphatic carbocycles. The number of carbonyl (C=O) groups excluding carboxylic acids is 1. The number of non-ortho nitro benzene ring substituents is 1. The lowest BCUT2D eigenvalue weighted by atomic mass is 9.84. The van der Waals surface area contributed by atoms with E-state index in [4.69, 9.17) is 0 Å². The van der Waals surface area contributed by atoms with E-state index in [-0.39, 0.29) is 29.5 Å². The van der Waals surface area contributed by atoms with E-state index in [0.29, 0.717) is 28.8 Å². The Morgan fingerprint density at radius 1 is 1.12 bits per heavy atom. The molecule has 3 aromatic rings. The van der Waals surface area contributed by atoms with Crippen molar-refractivity contribution in [2.45, 2.75) is 58.0 Å². The van der Waals surface area contributed by atoms with E-state index in [9.17, 15) is 14.9 Å². The summed E-state index contributed by atoms with van der Waals surface area (Å²) < 4.78 is 1.84. The van der Waals surface area contributed by atoms with E-state index in [0.717, 1.165) is 12.0 Å². The quantitative estimate of drug-likeness (QED) is 0.231. The van der Waals surface area contributed by atoms with Crippen LogP contribution in [0.1, 0.15) is 51.9 Å².